The largest absolute Gasteiger partial charge is 0.0839 e. The van der Waals surface area contributed by atoms with E-state index in [1.807, 2.05) is 0 Å². The lowest BCUT2D eigenvalue weighted by Crippen LogP contribution is -1.93. The van der Waals surface area contributed by atoms with E-state index >= 15 is 0 Å². The molecule has 2 rings (SSSR count). The fourth-order valence-corrected chi connectivity index (χ4v) is 2.41. The average Bonchev–Trinajstić information content (AvgIpc) is 2.39. The molecule has 0 fully saturated rings. The minimum absolute atomic E-state index is 0.449. The van der Waals surface area contributed by atoms with Crippen LogP contribution in [0.2, 0.25) is 0 Å². The number of benzene rings is 2. The molecule has 1 unspecified atom stereocenters. The van der Waals surface area contributed by atoms with Gasteiger partial charge >= 0.3 is 0 Å². The van der Waals surface area contributed by atoms with Crippen molar-refractivity contribution in [1.82, 2.24) is 0 Å². The highest BCUT2D eigenvalue weighted by Crippen LogP contribution is 2.27. The number of alkyl halides is 1. The molecule has 2 aromatic rings. The van der Waals surface area contributed by atoms with E-state index in [1.165, 1.54) is 16.7 Å². The van der Waals surface area contributed by atoms with Gasteiger partial charge in [-0.1, -0.05) is 76.1 Å². The molecule has 0 radical (unpaired) electrons. The van der Waals surface area contributed by atoms with Gasteiger partial charge in [-0.2, -0.15) is 0 Å². The monoisotopic (exact) mass is 288 g/mol. The minimum Gasteiger partial charge on any atom is -0.0839 e. The van der Waals surface area contributed by atoms with Gasteiger partial charge in [0.1, 0.15) is 0 Å². The molecular weight excluding hydrogens is 272 g/mol. The Labute approximate surface area is 112 Å². The van der Waals surface area contributed by atoms with Crippen molar-refractivity contribution in [3.8, 4) is 0 Å². The summed E-state index contributed by atoms with van der Waals surface area (Å²) in [6.45, 7) is 2.13. The zero-order valence-electron chi connectivity index (χ0n) is 10.1. The van der Waals surface area contributed by atoms with Crippen LogP contribution in [0.1, 0.15) is 27.9 Å². The summed E-state index contributed by atoms with van der Waals surface area (Å²) < 4.78 is 0. The molecule has 0 saturated heterocycles. The molecule has 2 aromatic carbocycles. The third-order valence-corrected chi connectivity index (χ3v) is 3.95. The maximum Gasteiger partial charge on any atom is 0.0398 e. The summed E-state index contributed by atoms with van der Waals surface area (Å²) >= 11 is 3.76. The van der Waals surface area contributed by atoms with E-state index in [1.54, 1.807) is 0 Å². The number of hydrogen-bond acceptors (Lipinski definition) is 0. The van der Waals surface area contributed by atoms with E-state index in [9.17, 15) is 0 Å². The molecule has 0 spiro atoms. The summed E-state index contributed by atoms with van der Waals surface area (Å²) in [4.78, 5) is 0.449. The summed E-state index contributed by atoms with van der Waals surface area (Å²) in [6, 6.07) is 19.4. The van der Waals surface area contributed by atoms with Gasteiger partial charge in [0.15, 0.2) is 0 Å². The van der Waals surface area contributed by atoms with Crippen molar-refractivity contribution < 1.29 is 0 Å². The summed E-state index contributed by atoms with van der Waals surface area (Å²) in [7, 11) is 0. The summed E-state index contributed by atoms with van der Waals surface area (Å²) in [5.74, 6) is 0. The molecule has 88 valence electrons. The highest BCUT2D eigenvalue weighted by Gasteiger charge is 2.06. The van der Waals surface area contributed by atoms with Crippen LogP contribution < -0.4 is 0 Å². The zero-order chi connectivity index (χ0) is 12.1. The molecule has 1 heteroatoms. The summed E-state index contributed by atoms with van der Waals surface area (Å²) in [6.07, 6.45) is 2.25. The predicted octanol–water partition coefficient (Wildman–Crippen LogP) is 5.06. The van der Waals surface area contributed by atoms with Crippen LogP contribution in [0.3, 0.4) is 0 Å². The van der Waals surface area contributed by atoms with Crippen molar-refractivity contribution in [1.29, 1.82) is 0 Å². The zero-order valence-corrected chi connectivity index (χ0v) is 11.7. The van der Waals surface area contributed by atoms with Crippen molar-refractivity contribution in [3.05, 3.63) is 71.3 Å². The van der Waals surface area contributed by atoms with Crippen LogP contribution >= 0.6 is 15.9 Å². The van der Waals surface area contributed by atoms with Gasteiger partial charge in [-0.3, -0.25) is 0 Å². The Hall–Kier alpha value is -1.08. The van der Waals surface area contributed by atoms with Gasteiger partial charge in [0.05, 0.1) is 0 Å². The predicted molar refractivity (Wildman–Crippen MR) is 77.6 cm³/mol. The highest BCUT2D eigenvalue weighted by atomic mass is 79.9. The Morgan fingerprint density at radius 2 is 1.59 bits per heavy atom. The lowest BCUT2D eigenvalue weighted by atomic mass is 10.0. The molecule has 0 saturated carbocycles. The second-order valence-corrected chi connectivity index (χ2v) is 5.51. The van der Waals surface area contributed by atoms with Crippen LogP contribution in [0, 0.1) is 6.92 Å². The third kappa shape index (κ3) is 3.71. The highest BCUT2D eigenvalue weighted by molar-refractivity contribution is 9.09. The van der Waals surface area contributed by atoms with Crippen LogP contribution in [0.15, 0.2) is 54.6 Å². The van der Waals surface area contributed by atoms with Crippen molar-refractivity contribution >= 4 is 15.9 Å². The van der Waals surface area contributed by atoms with Crippen LogP contribution in [-0.4, -0.2) is 0 Å². The van der Waals surface area contributed by atoms with Crippen molar-refractivity contribution in [2.75, 3.05) is 0 Å². The van der Waals surface area contributed by atoms with Crippen molar-refractivity contribution in [2.45, 2.75) is 24.6 Å². The van der Waals surface area contributed by atoms with Crippen molar-refractivity contribution in [2.24, 2.45) is 0 Å². The maximum absolute atomic E-state index is 3.76. The molecular formula is C16H17Br. The lowest BCUT2D eigenvalue weighted by Gasteiger charge is -2.10. The van der Waals surface area contributed by atoms with Gasteiger partial charge in [0.2, 0.25) is 0 Å². The van der Waals surface area contributed by atoms with E-state index in [0.29, 0.717) is 4.83 Å². The molecule has 1 atom stereocenters. The minimum atomic E-state index is 0.449. The molecule has 17 heavy (non-hydrogen) atoms. The van der Waals surface area contributed by atoms with Crippen molar-refractivity contribution in [3.63, 3.8) is 0 Å². The standard InChI is InChI=1S/C16H17Br/c1-13-7-9-14(10-8-13)11-12-16(17)15-5-3-2-4-6-15/h2-10,16H,11-12H2,1H3. The molecule has 0 heterocycles. The quantitative estimate of drug-likeness (QED) is 0.690. The molecule has 0 aliphatic heterocycles. The fourth-order valence-electron chi connectivity index (χ4n) is 1.88. The van der Waals surface area contributed by atoms with Gasteiger partial charge in [-0.05, 0) is 30.9 Å². The third-order valence-electron chi connectivity index (χ3n) is 2.97. The van der Waals surface area contributed by atoms with E-state index in [0.717, 1.165) is 12.8 Å². The normalized spacial score (nSPS) is 12.4. The number of aryl methyl sites for hydroxylation is 2. The van der Waals surface area contributed by atoms with Gasteiger partial charge in [0.25, 0.3) is 0 Å². The number of rotatable bonds is 4. The molecule has 0 bridgehead atoms. The first-order chi connectivity index (χ1) is 8.25. The van der Waals surface area contributed by atoms with E-state index in [-0.39, 0.29) is 0 Å². The van der Waals surface area contributed by atoms with Crippen LogP contribution in [0.4, 0.5) is 0 Å². The van der Waals surface area contributed by atoms with E-state index in [4.69, 9.17) is 0 Å². The average molecular weight is 289 g/mol. The number of hydrogen-bond donors (Lipinski definition) is 0. The maximum atomic E-state index is 3.76. The first-order valence-electron chi connectivity index (χ1n) is 6.00. The van der Waals surface area contributed by atoms with Crippen LogP contribution in [-0.2, 0) is 6.42 Å². The lowest BCUT2D eigenvalue weighted by molar-refractivity contribution is 0.813. The molecule has 0 aliphatic rings. The summed E-state index contributed by atoms with van der Waals surface area (Å²) in [5.41, 5.74) is 4.10. The molecule has 0 N–H and O–H groups in total. The number of halogens is 1. The fraction of sp³-hybridized carbons (Fsp3) is 0.250. The Balaban J connectivity index is 1.92. The first-order valence-corrected chi connectivity index (χ1v) is 6.92. The van der Waals surface area contributed by atoms with Gasteiger partial charge in [-0.25, -0.2) is 0 Å². The topological polar surface area (TPSA) is 0 Å². The Morgan fingerprint density at radius 1 is 0.941 bits per heavy atom. The molecule has 0 amide bonds. The van der Waals surface area contributed by atoms with E-state index in [2.05, 4.69) is 77.5 Å². The second-order valence-electron chi connectivity index (χ2n) is 4.40. The van der Waals surface area contributed by atoms with Gasteiger partial charge < -0.3 is 0 Å². The smallest absolute Gasteiger partial charge is 0.0398 e. The van der Waals surface area contributed by atoms with E-state index < -0.39 is 0 Å². The van der Waals surface area contributed by atoms with Crippen LogP contribution in [0.5, 0.6) is 0 Å². The molecule has 0 nitrogen and oxygen atoms in total. The Morgan fingerprint density at radius 3 is 2.24 bits per heavy atom. The first kappa shape index (κ1) is 12.4. The molecule has 0 aliphatic carbocycles. The molecule has 0 aromatic heterocycles. The summed E-state index contributed by atoms with van der Waals surface area (Å²) in [5, 5.41) is 0. The Bertz CT molecular complexity index is 445. The second kappa shape index (κ2) is 6.02. The Kier molecular flexibility index (Phi) is 4.38. The van der Waals surface area contributed by atoms with Crippen LogP contribution in [0.25, 0.3) is 0 Å². The van der Waals surface area contributed by atoms with Gasteiger partial charge in [-0.15, -0.1) is 0 Å². The van der Waals surface area contributed by atoms with Gasteiger partial charge in [0, 0.05) is 4.83 Å². The SMILES string of the molecule is Cc1ccc(CCC(Br)c2ccccc2)cc1.